The molecule has 1 fully saturated rings. The van der Waals surface area contributed by atoms with Gasteiger partial charge < -0.3 is 14.5 Å². The zero-order valence-electron chi connectivity index (χ0n) is 20.0. The van der Waals surface area contributed by atoms with Crippen LogP contribution in [0, 0.1) is 0 Å². The Labute approximate surface area is 199 Å². The lowest BCUT2D eigenvalue weighted by Gasteiger charge is -2.44. The molecule has 3 aromatic carbocycles. The van der Waals surface area contributed by atoms with E-state index in [1.807, 2.05) is 6.08 Å². The van der Waals surface area contributed by atoms with Gasteiger partial charge in [0.25, 0.3) is 0 Å². The average Bonchev–Trinajstić information content (AvgIpc) is 3.31. The van der Waals surface area contributed by atoms with Crippen LogP contribution in [0.5, 0.6) is 0 Å². The molecule has 33 heavy (non-hydrogen) atoms. The molecular formula is C29H35NO2Si. The van der Waals surface area contributed by atoms with Crippen molar-refractivity contribution in [2.75, 3.05) is 6.54 Å². The normalized spacial score (nSPS) is 18.9. The molecule has 172 valence electrons. The Morgan fingerprint density at radius 3 is 2.00 bits per heavy atom. The van der Waals surface area contributed by atoms with Gasteiger partial charge in [-0.1, -0.05) is 97.6 Å². The maximum Gasteiger partial charge on any atom is 0.185 e. The number of nitrogens with one attached hydrogen (secondary N) is 1. The fourth-order valence-corrected chi connectivity index (χ4v) is 6.06. The highest BCUT2D eigenvalue weighted by Crippen LogP contribution is 2.42. The molecule has 4 heteroatoms. The van der Waals surface area contributed by atoms with Gasteiger partial charge in [0.1, 0.15) is 5.60 Å². The molecule has 0 unspecified atom stereocenters. The van der Waals surface area contributed by atoms with Crippen molar-refractivity contribution < 1.29 is 9.16 Å². The van der Waals surface area contributed by atoms with Crippen LogP contribution in [-0.2, 0) is 21.4 Å². The minimum absolute atomic E-state index is 0.113. The van der Waals surface area contributed by atoms with Crippen LogP contribution in [0.25, 0.3) is 6.08 Å². The van der Waals surface area contributed by atoms with Crippen molar-refractivity contribution in [3.8, 4) is 0 Å². The Morgan fingerprint density at radius 1 is 0.909 bits per heavy atom. The lowest BCUT2D eigenvalue weighted by atomic mass is 9.79. The zero-order chi connectivity index (χ0) is 23.3. The van der Waals surface area contributed by atoms with Crippen LogP contribution < -0.4 is 5.32 Å². The fourth-order valence-electron chi connectivity index (χ4n) is 4.72. The first-order valence-corrected chi connectivity index (χ1v) is 15.2. The van der Waals surface area contributed by atoms with Crippen molar-refractivity contribution in [2.45, 2.75) is 50.4 Å². The predicted octanol–water partition coefficient (Wildman–Crippen LogP) is 6.37. The summed E-state index contributed by atoms with van der Waals surface area (Å²) in [6.45, 7) is 12.0. The third-order valence-corrected chi connectivity index (χ3v) is 7.09. The van der Waals surface area contributed by atoms with Gasteiger partial charge in [-0.05, 0) is 48.3 Å². The van der Waals surface area contributed by atoms with Gasteiger partial charge in [0.15, 0.2) is 8.32 Å². The maximum atomic E-state index is 7.13. The second-order valence-electron chi connectivity index (χ2n) is 9.76. The Morgan fingerprint density at radius 2 is 1.48 bits per heavy atom. The first-order valence-electron chi connectivity index (χ1n) is 11.8. The first-order chi connectivity index (χ1) is 15.9. The Balaban J connectivity index is 1.61. The van der Waals surface area contributed by atoms with Crippen molar-refractivity contribution in [1.82, 2.24) is 5.32 Å². The first kappa shape index (κ1) is 23.6. The monoisotopic (exact) mass is 457 g/mol. The van der Waals surface area contributed by atoms with Gasteiger partial charge >= 0.3 is 0 Å². The fraction of sp³-hybridized carbons (Fsp3) is 0.310. The van der Waals surface area contributed by atoms with E-state index in [1.165, 1.54) is 16.7 Å². The van der Waals surface area contributed by atoms with E-state index in [-0.39, 0.29) is 12.1 Å². The molecule has 0 saturated carbocycles. The zero-order valence-corrected chi connectivity index (χ0v) is 21.0. The third-order valence-electron chi connectivity index (χ3n) is 6.15. The largest absolute Gasteiger partial charge is 0.403 e. The molecule has 4 rings (SSSR count). The number of ether oxygens (including phenoxy) is 1. The number of rotatable bonds is 9. The third kappa shape index (κ3) is 5.53. The van der Waals surface area contributed by atoms with E-state index < -0.39 is 13.9 Å². The number of hydrogen-bond acceptors (Lipinski definition) is 3. The molecule has 1 aliphatic heterocycles. The lowest BCUT2D eigenvalue weighted by Crippen LogP contribution is -2.53. The van der Waals surface area contributed by atoms with Crippen LogP contribution in [0.3, 0.4) is 0 Å². The van der Waals surface area contributed by atoms with Gasteiger partial charge in [0.2, 0.25) is 0 Å². The SMILES string of the molecule is C=Cc1ccc(CO[C@H]2CN[C@@H](C(O[Si](C)(C)C)(c3ccccc3)c3ccccc3)C2)cc1. The van der Waals surface area contributed by atoms with Gasteiger partial charge in [0.05, 0.1) is 12.7 Å². The van der Waals surface area contributed by atoms with E-state index >= 15 is 0 Å². The number of benzene rings is 3. The highest BCUT2D eigenvalue weighted by atomic mass is 28.4. The van der Waals surface area contributed by atoms with Gasteiger partial charge in [-0.15, -0.1) is 0 Å². The molecule has 0 bridgehead atoms. The summed E-state index contributed by atoms with van der Waals surface area (Å²) in [4.78, 5) is 0. The van der Waals surface area contributed by atoms with Gasteiger partial charge in [-0.3, -0.25) is 0 Å². The smallest absolute Gasteiger partial charge is 0.185 e. The van der Waals surface area contributed by atoms with Gasteiger partial charge in [-0.2, -0.15) is 0 Å². The second-order valence-corrected chi connectivity index (χ2v) is 14.2. The summed E-state index contributed by atoms with van der Waals surface area (Å²) in [5.74, 6) is 0. The Hall–Kier alpha value is -2.50. The van der Waals surface area contributed by atoms with Gasteiger partial charge in [-0.25, -0.2) is 0 Å². The summed E-state index contributed by atoms with van der Waals surface area (Å²) in [6, 6.07) is 29.9. The summed E-state index contributed by atoms with van der Waals surface area (Å²) in [5, 5.41) is 3.78. The molecular weight excluding hydrogens is 422 g/mol. The molecule has 3 aromatic rings. The molecule has 0 spiro atoms. The molecule has 0 radical (unpaired) electrons. The van der Waals surface area contributed by atoms with E-state index in [2.05, 4.69) is 116 Å². The van der Waals surface area contributed by atoms with E-state index in [9.17, 15) is 0 Å². The molecule has 1 N–H and O–H groups in total. The standard InChI is InChI=1S/C29H35NO2Si/c1-5-23-16-18-24(19-17-23)22-31-27-20-28(30-21-27)29(32-33(2,3)4,25-12-8-6-9-13-25)26-14-10-7-11-15-26/h5-19,27-28,30H,1,20-22H2,2-4H3/t27-,28-/m1/s1. The molecule has 0 aromatic heterocycles. The van der Waals surface area contributed by atoms with Crippen LogP contribution in [0.1, 0.15) is 28.7 Å². The van der Waals surface area contributed by atoms with Crippen LogP contribution in [0.4, 0.5) is 0 Å². The topological polar surface area (TPSA) is 30.5 Å². The quantitative estimate of drug-likeness (QED) is 0.379. The molecule has 3 nitrogen and oxygen atoms in total. The highest BCUT2D eigenvalue weighted by Gasteiger charge is 2.48. The Bertz CT molecular complexity index is 989. The van der Waals surface area contributed by atoms with E-state index in [0.29, 0.717) is 6.61 Å². The van der Waals surface area contributed by atoms with Crippen LogP contribution in [0.2, 0.25) is 19.6 Å². The summed E-state index contributed by atoms with van der Waals surface area (Å²) < 4.78 is 13.5. The minimum Gasteiger partial charge on any atom is -0.403 e. The van der Waals surface area contributed by atoms with Crippen LogP contribution >= 0.6 is 0 Å². The molecule has 0 amide bonds. The van der Waals surface area contributed by atoms with Crippen LogP contribution in [-0.4, -0.2) is 27.0 Å². The van der Waals surface area contributed by atoms with Crippen molar-refractivity contribution in [3.05, 3.63) is 114 Å². The van der Waals surface area contributed by atoms with E-state index in [0.717, 1.165) is 18.5 Å². The molecule has 2 atom stereocenters. The summed E-state index contributed by atoms with van der Waals surface area (Å²) in [6.07, 6.45) is 2.88. The molecule has 1 heterocycles. The lowest BCUT2D eigenvalue weighted by molar-refractivity contribution is 0.0325. The molecule has 1 aliphatic rings. The van der Waals surface area contributed by atoms with Crippen LogP contribution in [0.15, 0.2) is 91.5 Å². The number of hydrogen-bond donors (Lipinski definition) is 1. The average molecular weight is 458 g/mol. The molecule has 0 aliphatic carbocycles. The van der Waals surface area contributed by atoms with Crippen molar-refractivity contribution in [2.24, 2.45) is 0 Å². The maximum absolute atomic E-state index is 7.13. The van der Waals surface area contributed by atoms with Crippen molar-refractivity contribution in [3.63, 3.8) is 0 Å². The summed E-state index contributed by atoms with van der Waals surface area (Å²) >= 11 is 0. The van der Waals surface area contributed by atoms with E-state index in [1.54, 1.807) is 0 Å². The van der Waals surface area contributed by atoms with E-state index in [4.69, 9.17) is 9.16 Å². The Kier molecular flexibility index (Phi) is 7.30. The summed E-state index contributed by atoms with van der Waals surface area (Å²) in [5.41, 5.74) is 4.13. The highest BCUT2D eigenvalue weighted by molar-refractivity contribution is 6.69. The predicted molar refractivity (Wildman–Crippen MR) is 140 cm³/mol. The second kappa shape index (κ2) is 10.2. The van der Waals surface area contributed by atoms with Gasteiger partial charge in [0, 0.05) is 12.6 Å². The summed E-state index contributed by atoms with van der Waals surface area (Å²) in [7, 11) is -1.92. The molecule has 1 saturated heterocycles. The van der Waals surface area contributed by atoms with Crippen molar-refractivity contribution >= 4 is 14.4 Å². The minimum atomic E-state index is -1.92. The van der Waals surface area contributed by atoms with Crippen molar-refractivity contribution in [1.29, 1.82) is 0 Å².